The Labute approximate surface area is 75.8 Å². The van der Waals surface area contributed by atoms with Gasteiger partial charge in [-0.15, -0.1) is 0 Å². The quantitative estimate of drug-likeness (QED) is 0.652. The highest BCUT2D eigenvalue weighted by atomic mass is 19.1. The van der Waals surface area contributed by atoms with Gasteiger partial charge in [0.25, 0.3) is 0 Å². The Hall–Kier alpha value is -1.16. The fraction of sp³-hybridized carbons (Fsp3) is 0.444. The average molecular weight is 182 g/mol. The van der Waals surface area contributed by atoms with E-state index in [9.17, 15) is 9.50 Å². The van der Waals surface area contributed by atoms with Crippen LogP contribution in [0, 0.1) is 5.95 Å². The molecule has 0 amide bonds. The molecule has 1 fully saturated rings. The number of aromatic nitrogens is 1. The molecule has 70 valence electrons. The van der Waals surface area contributed by atoms with E-state index >= 15 is 0 Å². The number of halogens is 1. The lowest BCUT2D eigenvalue weighted by Crippen LogP contribution is -2.21. The van der Waals surface area contributed by atoms with E-state index in [1.165, 1.54) is 12.3 Å². The Morgan fingerprint density at radius 1 is 1.62 bits per heavy atom. The molecule has 0 bridgehead atoms. The van der Waals surface area contributed by atoms with Gasteiger partial charge in [0.2, 0.25) is 5.95 Å². The van der Waals surface area contributed by atoms with Crippen molar-refractivity contribution in [1.29, 1.82) is 0 Å². The predicted octanol–water partition coefficient (Wildman–Crippen LogP) is 0.792. The van der Waals surface area contributed by atoms with Crippen molar-refractivity contribution < 1.29 is 9.50 Å². The van der Waals surface area contributed by atoms with Crippen LogP contribution in [0.15, 0.2) is 18.3 Å². The van der Waals surface area contributed by atoms with Crippen LogP contribution < -0.4 is 4.90 Å². The lowest BCUT2D eigenvalue weighted by molar-refractivity contribution is 0.198. The zero-order valence-electron chi connectivity index (χ0n) is 7.15. The van der Waals surface area contributed by atoms with Gasteiger partial charge in [-0.3, -0.25) is 0 Å². The van der Waals surface area contributed by atoms with Crippen LogP contribution in [0.4, 0.5) is 10.1 Å². The summed E-state index contributed by atoms with van der Waals surface area (Å²) in [6, 6.07) is 3.14. The van der Waals surface area contributed by atoms with E-state index in [2.05, 4.69) is 4.98 Å². The first-order valence-electron chi connectivity index (χ1n) is 4.30. The van der Waals surface area contributed by atoms with Crippen molar-refractivity contribution in [2.24, 2.45) is 0 Å². The molecule has 3 nitrogen and oxygen atoms in total. The normalized spacial score (nSPS) is 22.3. The molecule has 0 aromatic carbocycles. The number of rotatable bonds is 1. The Bertz CT molecular complexity index is 305. The van der Waals surface area contributed by atoms with Crippen molar-refractivity contribution in [2.75, 3.05) is 18.0 Å². The zero-order valence-corrected chi connectivity index (χ0v) is 7.15. The minimum Gasteiger partial charge on any atom is -0.391 e. The Kier molecular flexibility index (Phi) is 2.14. The minimum atomic E-state index is -0.473. The predicted molar refractivity (Wildman–Crippen MR) is 47.0 cm³/mol. The second-order valence-electron chi connectivity index (χ2n) is 3.23. The van der Waals surface area contributed by atoms with Gasteiger partial charge in [0, 0.05) is 31.0 Å². The Morgan fingerprint density at radius 2 is 2.46 bits per heavy atom. The van der Waals surface area contributed by atoms with Gasteiger partial charge in [-0.2, -0.15) is 4.39 Å². The highest BCUT2D eigenvalue weighted by Crippen LogP contribution is 2.19. The molecular weight excluding hydrogens is 171 g/mol. The van der Waals surface area contributed by atoms with E-state index in [4.69, 9.17) is 0 Å². The van der Waals surface area contributed by atoms with Crippen molar-refractivity contribution in [3.63, 3.8) is 0 Å². The van der Waals surface area contributed by atoms with Crippen LogP contribution in [-0.4, -0.2) is 29.3 Å². The van der Waals surface area contributed by atoms with Crippen LogP contribution in [0.25, 0.3) is 0 Å². The molecule has 1 atom stereocenters. The molecule has 1 N–H and O–H groups in total. The molecule has 0 aliphatic carbocycles. The third-order valence-corrected chi connectivity index (χ3v) is 2.24. The first-order chi connectivity index (χ1) is 6.25. The minimum absolute atomic E-state index is 0.281. The SMILES string of the molecule is OC1CCN(c2ccnc(F)c2)C1. The highest BCUT2D eigenvalue weighted by Gasteiger charge is 2.20. The van der Waals surface area contributed by atoms with Crippen molar-refractivity contribution in [2.45, 2.75) is 12.5 Å². The van der Waals surface area contributed by atoms with Gasteiger partial charge in [-0.05, 0) is 12.5 Å². The van der Waals surface area contributed by atoms with Gasteiger partial charge in [-0.25, -0.2) is 4.98 Å². The monoisotopic (exact) mass is 182 g/mol. The van der Waals surface area contributed by atoms with Crippen molar-refractivity contribution >= 4 is 5.69 Å². The molecule has 0 saturated carbocycles. The second kappa shape index (κ2) is 3.30. The number of nitrogens with zero attached hydrogens (tertiary/aromatic N) is 2. The van der Waals surface area contributed by atoms with Crippen LogP contribution >= 0.6 is 0 Å². The van der Waals surface area contributed by atoms with E-state index in [0.29, 0.717) is 6.54 Å². The molecule has 1 aliphatic rings. The number of hydrogen-bond acceptors (Lipinski definition) is 3. The van der Waals surface area contributed by atoms with Gasteiger partial charge in [0.1, 0.15) is 0 Å². The van der Waals surface area contributed by atoms with E-state index in [1.807, 2.05) is 4.90 Å². The number of pyridine rings is 1. The van der Waals surface area contributed by atoms with E-state index in [-0.39, 0.29) is 6.10 Å². The number of hydrogen-bond donors (Lipinski definition) is 1. The van der Waals surface area contributed by atoms with Gasteiger partial charge in [0.15, 0.2) is 0 Å². The molecule has 1 unspecified atom stereocenters. The number of β-amino-alcohol motifs (C(OH)–C–C–N with tert-alkyl or cyclic N) is 1. The largest absolute Gasteiger partial charge is 0.391 e. The molecule has 0 radical (unpaired) electrons. The van der Waals surface area contributed by atoms with Crippen molar-refractivity contribution in [3.05, 3.63) is 24.3 Å². The number of aliphatic hydroxyl groups excluding tert-OH is 1. The molecule has 2 heterocycles. The topological polar surface area (TPSA) is 36.4 Å². The smallest absolute Gasteiger partial charge is 0.214 e. The molecular formula is C9H11FN2O. The van der Waals surface area contributed by atoms with E-state index in [0.717, 1.165) is 18.7 Å². The first-order valence-corrected chi connectivity index (χ1v) is 4.30. The molecule has 1 saturated heterocycles. The van der Waals surface area contributed by atoms with Gasteiger partial charge >= 0.3 is 0 Å². The first kappa shape index (κ1) is 8.44. The Balaban J connectivity index is 2.16. The summed E-state index contributed by atoms with van der Waals surface area (Å²) in [6.45, 7) is 1.37. The lowest BCUT2D eigenvalue weighted by atomic mass is 10.3. The summed E-state index contributed by atoms with van der Waals surface area (Å²) in [6.07, 6.45) is 1.91. The molecule has 0 spiro atoms. The molecule has 13 heavy (non-hydrogen) atoms. The summed E-state index contributed by atoms with van der Waals surface area (Å²) < 4.78 is 12.7. The summed E-state index contributed by atoms with van der Waals surface area (Å²) >= 11 is 0. The summed E-state index contributed by atoms with van der Waals surface area (Å²) in [5.41, 5.74) is 0.795. The lowest BCUT2D eigenvalue weighted by Gasteiger charge is -2.16. The van der Waals surface area contributed by atoms with E-state index < -0.39 is 5.95 Å². The van der Waals surface area contributed by atoms with Gasteiger partial charge < -0.3 is 10.0 Å². The van der Waals surface area contributed by atoms with Crippen LogP contribution in [0.5, 0.6) is 0 Å². The van der Waals surface area contributed by atoms with Crippen LogP contribution in [0.3, 0.4) is 0 Å². The Morgan fingerprint density at radius 3 is 3.08 bits per heavy atom. The standard InChI is InChI=1S/C9H11FN2O/c10-9-5-7(1-3-11-9)12-4-2-8(13)6-12/h1,3,5,8,13H,2,4,6H2. The van der Waals surface area contributed by atoms with Crippen LogP contribution in [0.1, 0.15) is 6.42 Å². The zero-order chi connectivity index (χ0) is 9.26. The molecule has 2 rings (SSSR count). The molecule has 1 aliphatic heterocycles. The molecule has 1 aromatic rings. The van der Waals surface area contributed by atoms with Crippen molar-refractivity contribution in [1.82, 2.24) is 4.98 Å². The molecule has 4 heteroatoms. The maximum Gasteiger partial charge on any atom is 0.214 e. The van der Waals surface area contributed by atoms with Gasteiger partial charge in [-0.1, -0.05) is 0 Å². The maximum atomic E-state index is 12.7. The number of anilines is 1. The third kappa shape index (κ3) is 1.78. The van der Waals surface area contributed by atoms with Gasteiger partial charge in [0.05, 0.1) is 6.10 Å². The maximum absolute atomic E-state index is 12.7. The second-order valence-corrected chi connectivity index (χ2v) is 3.23. The number of aliphatic hydroxyl groups is 1. The highest BCUT2D eigenvalue weighted by molar-refractivity contribution is 5.46. The molecule has 1 aromatic heterocycles. The fourth-order valence-electron chi connectivity index (χ4n) is 1.57. The summed E-state index contributed by atoms with van der Waals surface area (Å²) in [5.74, 6) is -0.473. The summed E-state index contributed by atoms with van der Waals surface area (Å²) in [7, 11) is 0. The van der Waals surface area contributed by atoms with Crippen molar-refractivity contribution in [3.8, 4) is 0 Å². The summed E-state index contributed by atoms with van der Waals surface area (Å²) in [5, 5.41) is 9.28. The fourth-order valence-corrected chi connectivity index (χ4v) is 1.57. The average Bonchev–Trinajstić information content (AvgIpc) is 2.52. The van der Waals surface area contributed by atoms with Crippen LogP contribution in [-0.2, 0) is 0 Å². The van der Waals surface area contributed by atoms with E-state index in [1.54, 1.807) is 6.07 Å². The van der Waals surface area contributed by atoms with Crippen LogP contribution in [0.2, 0.25) is 0 Å². The summed E-state index contributed by atoms with van der Waals surface area (Å²) in [4.78, 5) is 5.43. The third-order valence-electron chi connectivity index (χ3n) is 2.24.